The summed E-state index contributed by atoms with van der Waals surface area (Å²) in [6.07, 6.45) is 6.50. The molecule has 2 aromatic heterocycles. The van der Waals surface area contributed by atoms with Crippen molar-refractivity contribution in [2.75, 3.05) is 37.3 Å². The highest BCUT2D eigenvalue weighted by Gasteiger charge is 2.29. The Morgan fingerprint density at radius 2 is 2.23 bits per heavy atom. The fourth-order valence-corrected chi connectivity index (χ4v) is 2.75. The van der Waals surface area contributed by atoms with Crippen LogP contribution in [0.3, 0.4) is 0 Å². The number of likely N-dealkylation sites (tertiary alicyclic amines) is 1. The summed E-state index contributed by atoms with van der Waals surface area (Å²) in [6.45, 7) is 1.45. The molecule has 1 fully saturated rings. The molecule has 0 unspecified atom stereocenters. The number of hydrogen-bond acceptors (Lipinski definition) is 6. The number of pyridine rings is 2. The predicted octanol–water partition coefficient (Wildman–Crippen LogP) is 0.616. The van der Waals surface area contributed by atoms with Crippen LogP contribution in [0.15, 0.2) is 47.5 Å². The zero-order valence-electron chi connectivity index (χ0n) is 14.5. The SMILES string of the molecule is CNc1cc(-c2c[nH]c(=O)c(NC3CN(C(=O)C=CCN)C3)c2)ccn1. The maximum absolute atomic E-state index is 12.1. The molecule has 0 spiro atoms. The van der Waals surface area contributed by atoms with Crippen molar-refractivity contribution in [3.8, 4) is 11.1 Å². The summed E-state index contributed by atoms with van der Waals surface area (Å²) in [5, 5.41) is 6.20. The van der Waals surface area contributed by atoms with Crippen LogP contribution in [-0.4, -0.2) is 53.5 Å². The van der Waals surface area contributed by atoms with Crippen LogP contribution in [0.2, 0.25) is 0 Å². The number of rotatable bonds is 6. The van der Waals surface area contributed by atoms with Crippen LogP contribution < -0.4 is 21.9 Å². The van der Waals surface area contributed by atoms with E-state index in [4.69, 9.17) is 5.73 Å². The van der Waals surface area contributed by atoms with E-state index in [1.165, 1.54) is 6.08 Å². The van der Waals surface area contributed by atoms with Crippen LogP contribution in [0.5, 0.6) is 0 Å². The monoisotopic (exact) mass is 354 g/mol. The minimum absolute atomic E-state index is 0.0480. The van der Waals surface area contributed by atoms with Crippen molar-refractivity contribution >= 4 is 17.4 Å². The topological polar surface area (TPSA) is 116 Å². The van der Waals surface area contributed by atoms with Crippen LogP contribution in [0.25, 0.3) is 11.1 Å². The molecule has 0 aromatic carbocycles. The lowest BCUT2D eigenvalue weighted by Gasteiger charge is -2.39. The molecule has 136 valence electrons. The minimum atomic E-state index is -0.190. The number of carbonyl (C=O) groups excluding carboxylic acids is 1. The van der Waals surface area contributed by atoms with Gasteiger partial charge in [0, 0.05) is 50.7 Å². The van der Waals surface area contributed by atoms with Gasteiger partial charge in [-0.15, -0.1) is 0 Å². The van der Waals surface area contributed by atoms with Crippen LogP contribution in [0.1, 0.15) is 0 Å². The van der Waals surface area contributed by atoms with Crippen molar-refractivity contribution in [2.24, 2.45) is 5.73 Å². The number of anilines is 2. The number of aromatic nitrogens is 2. The van der Waals surface area contributed by atoms with Crippen molar-refractivity contribution in [1.29, 1.82) is 0 Å². The number of aromatic amines is 1. The normalized spacial score (nSPS) is 14.3. The first kappa shape index (κ1) is 17.7. The van der Waals surface area contributed by atoms with E-state index >= 15 is 0 Å². The van der Waals surface area contributed by atoms with Gasteiger partial charge in [-0.3, -0.25) is 9.59 Å². The molecule has 2 aromatic rings. The Balaban J connectivity index is 1.69. The molecule has 3 rings (SSSR count). The predicted molar refractivity (Wildman–Crippen MR) is 102 cm³/mol. The molecule has 0 saturated carbocycles. The summed E-state index contributed by atoms with van der Waals surface area (Å²) in [4.78, 5) is 32.6. The Morgan fingerprint density at radius 3 is 2.96 bits per heavy atom. The van der Waals surface area contributed by atoms with Gasteiger partial charge in [0.2, 0.25) is 5.91 Å². The van der Waals surface area contributed by atoms with Gasteiger partial charge in [-0.05, 0) is 23.8 Å². The van der Waals surface area contributed by atoms with Gasteiger partial charge < -0.3 is 26.3 Å². The van der Waals surface area contributed by atoms with Gasteiger partial charge in [0.1, 0.15) is 11.5 Å². The molecule has 1 aliphatic heterocycles. The third-order valence-electron chi connectivity index (χ3n) is 4.20. The maximum atomic E-state index is 12.1. The zero-order valence-corrected chi connectivity index (χ0v) is 14.5. The Bertz CT molecular complexity index is 870. The largest absolute Gasteiger partial charge is 0.374 e. The summed E-state index contributed by atoms with van der Waals surface area (Å²) in [5.74, 6) is 0.689. The third-order valence-corrected chi connectivity index (χ3v) is 4.20. The van der Waals surface area contributed by atoms with Crippen LogP contribution in [0.4, 0.5) is 11.5 Å². The second kappa shape index (κ2) is 7.83. The summed E-state index contributed by atoms with van der Waals surface area (Å²) in [6, 6.07) is 5.65. The van der Waals surface area contributed by atoms with Gasteiger partial charge in [0.15, 0.2) is 0 Å². The Kier molecular flexibility index (Phi) is 5.33. The quantitative estimate of drug-likeness (QED) is 0.565. The number of nitrogens with one attached hydrogen (secondary N) is 3. The number of carbonyl (C=O) groups is 1. The van der Waals surface area contributed by atoms with Crippen molar-refractivity contribution in [1.82, 2.24) is 14.9 Å². The molecular formula is C18H22N6O2. The zero-order chi connectivity index (χ0) is 18.5. The standard InChI is InChI=1S/C18H22N6O2/c1-20-16-8-12(4-6-21-16)13-7-15(18(26)22-9-13)23-14-10-24(11-14)17(25)3-2-5-19/h2-4,6-9,14,23H,5,10-11,19H2,1H3,(H,20,21)(H,22,26). The van der Waals surface area contributed by atoms with Crippen molar-refractivity contribution in [3.63, 3.8) is 0 Å². The molecule has 0 bridgehead atoms. The van der Waals surface area contributed by atoms with E-state index in [1.807, 2.05) is 18.2 Å². The summed E-state index contributed by atoms with van der Waals surface area (Å²) in [7, 11) is 1.80. The smallest absolute Gasteiger partial charge is 0.271 e. The maximum Gasteiger partial charge on any atom is 0.271 e. The molecule has 0 radical (unpaired) electrons. The van der Waals surface area contributed by atoms with E-state index in [9.17, 15) is 9.59 Å². The molecule has 1 aliphatic rings. The van der Waals surface area contributed by atoms with E-state index in [0.717, 1.165) is 16.9 Å². The number of nitrogens with two attached hydrogens (primary N) is 1. The van der Waals surface area contributed by atoms with Gasteiger partial charge in [-0.1, -0.05) is 6.08 Å². The lowest BCUT2D eigenvalue weighted by molar-refractivity contribution is -0.129. The van der Waals surface area contributed by atoms with E-state index in [-0.39, 0.29) is 17.5 Å². The van der Waals surface area contributed by atoms with Gasteiger partial charge in [-0.2, -0.15) is 0 Å². The average molecular weight is 354 g/mol. The van der Waals surface area contributed by atoms with E-state index in [2.05, 4.69) is 20.6 Å². The van der Waals surface area contributed by atoms with Crippen molar-refractivity contribution < 1.29 is 4.79 Å². The van der Waals surface area contributed by atoms with Gasteiger partial charge in [-0.25, -0.2) is 4.98 Å². The first-order chi connectivity index (χ1) is 12.6. The summed E-state index contributed by atoms with van der Waals surface area (Å²) >= 11 is 0. The minimum Gasteiger partial charge on any atom is -0.374 e. The average Bonchev–Trinajstić information content (AvgIpc) is 2.63. The lowest BCUT2D eigenvalue weighted by atomic mass is 10.1. The Hall–Kier alpha value is -3.13. The fraction of sp³-hybridized carbons (Fsp3) is 0.278. The summed E-state index contributed by atoms with van der Waals surface area (Å²) in [5.41, 5.74) is 7.47. The van der Waals surface area contributed by atoms with Gasteiger partial charge in [0.25, 0.3) is 5.56 Å². The third kappa shape index (κ3) is 3.92. The second-order valence-electron chi connectivity index (χ2n) is 6.03. The highest BCUT2D eigenvalue weighted by atomic mass is 16.2. The fourth-order valence-electron chi connectivity index (χ4n) is 2.75. The van der Waals surface area contributed by atoms with Crippen LogP contribution in [0, 0.1) is 0 Å². The van der Waals surface area contributed by atoms with Gasteiger partial charge >= 0.3 is 0 Å². The highest BCUT2D eigenvalue weighted by molar-refractivity contribution is 5.88. The molecular weight excluding hydrogens is 332 g/mol. The molecule has 0 aliphatic carbocycles. The second-order valence-corrected chi connectivity index (χ2v) is 6.03. The Morgan fingerprint density at radius 1 is 1.42 bits per heavy atom. The molecule has 3 heterocycles. The summed E-state index contributed by atoms with van der Waals surface area (Å²) < 4.78 is 0. The molecule has 26 heavy (non-hydrogen) atoms. The molecule has 8 nitrogen and oxygen atoms in total. The van der Waals surface area contributed by atoms with E-state index in [1.54, 1.807) is 30.4 Å². The van der Waals surface area contributed by atoms with Gasteiger partial charge in [0.05, 0.1) is 6.04 Å². The molecule has 0 atom stereocenters. The Labute approximate surface area is 151 Å². The number of hydrogen-bond donors (Lipinski definition) is 4. The number of nitrogens with zero attached hydrogens (tertiary/aromatic N) is 2. The first-order valence-electron chi connectivity index (χ1n) is 8.39. The molecule has 8 heteroatoms. The van der Waals surface area contributed by atoms with E-state index in [0.29, 0.717) is 25.3 Å². The lowest BCUT2D eigenvalue weighted by Crippen LogP contribution is -2.57. The number of amides is 1. The van der Waals surface area contributed by atoms with Crippen LogP contribution >= 0.6 is 0 Å². The molecule has 1 saturated heterocycles. The molecule has 1 amide bonds. The van der Waals surface area contributed by atoms with Crippen molar-refractivity contribution in [2.45, 2.75) is 6.04 Å². The molecule has 5 N–H and O–H groups in total. The first-order valence-corrected chi connectivity index (χ1v) is 8.39. The number of H-pyrrole nitrogens is 1. The highest BCUT2D eigenvalue weighted by Crippen LogP contribution is 2.22. The van der Waals surface area contributed by atoms with Crippen molar-refractivity contribution in [3.05, 3.63) is 53.1 Å². The van der Waals surface area contributed by atoms with E-state index < -0.39 is 0 Å². The van der Waals surface area contributed by atoms with Crippen LogP contribution in [-0.2, 0) is 4.79 Å².